The van der Waals surface area contributed by atoms with Crippen molar-refractivity contribution < 1.29 is 9.18 Å². The third-order valence-electron chi connectivity index (χ3n) is 2.54. The second kappa shape index (κ2) is 6.35. The number of nitrogens with one attached hydrogen (secondary N) is 1. The number of hydrogen-bond donors (Lipinski definition) is 1. The number of aromatic nitrogens is 2. The summed E-state index contributed by atoms with van der Waals surface area (Å²) in [6.45, 7) is 5.65. The van der Waals surface area contributed by atoms with Gasteiger partial charge in [-0.2, -0.15) is 0 Å². The average Bonchev–Trinajstić information content (AvgIpc) is 2.45. The van der Waals surface area contributed by atoms with E-state index in [-0.39, 0.29) is 23.1 Å². The van der Waals surface area contributed by atoms with Crippen molar-refractivity contribution in [3.8, 4) is 11.8 Å². The Kier molecular flexibility index (Phi) is 4.52. The highest BCUT2D eigenvalue weighted by Gasteiger charge is 2.16. The molecule has 0 spiro atoms. The quantitative estimate of drug-likeness (QED) is 0.823. The predicted molar refractivity (Wildman–Crippen MR) is 81.6 cm³/mol. The Morgan fingerprint density at radius 3 is 2.14 bits per heavy atom. The maximum atomic E-state index is 12.8. The molecule has 1 N–H and O–H groups in total. The highest BCUT2D eigenvalue weighted by molar-refractivity contribution is 5.90. The molecule has 0 saturated carbocycles. The van der Waals surface area contributed by atoms with Crippen molar-refractivity contribution >= 4 is 5.91 Å². The molecule has 5 heteroatoms. The van der Waals surface area contributed by atoms with Gasteiger partial charge in [0.25, 0.3) is 5.91 Å². The van der Waals surface area contributed by atoms with Crippen LogP contribution >= 0.6 is 0 Å². The van der Waals surface area contributed by atoms with Crippen LogP contribution in [0.25, 0.3) is 0 Å². The highest BCUT2D eigenvalue weighted by atomic mass is 19.1. The predicted octanol–water partition coefficient (Wildman–Crippen LogP) is 2.54. The zero-order chi connectivity index (χ0) is 16.2. The number of rotatable bonds is 1. The van der Waals surface area contributed by atoms with E-state index in [1.165, 1.54) is 24.5 Å². The Hall–Kier alpha value is -2.74. The molecule has 2 aromatic rings. The van der Waals surface area contributed by atoms with E-state index in [9.17, 15) is 9.18 Å². The molecule has 1 aromatic carbocycles. The number of hydrogen-bond acceptors (Lipinski definition) is 3. The molecule has 2 rings (SSSR count). The monoisotopic (exact) mass is 297 g/mol. The Morgan fingerprint density at radius 1 is 1.05 bits per heavy atom. The van der Waals surface area contributed by atoms with E-state index < -0.39 is 0 Å². The van der Waals surface area contributed by atoms with Gasteiger partial charge in [-0.1, -0.05) is 11.8 Å². The minimum absolute atomic E-state index is 0.0993. The van der Waals surface area contributed by atoms with Crippen LogP contribution in [0.15, 0.2) is 36.7 Å². The molecule has 0 unspecified atom stereocenters. The standard InChI is InChI=1S/C17H16FN3O/c1-17(2,3)21-16(22)15-19-10-13(11-20-15)5-4-12-6-8-14(18)9-7-12/h6-11H,1-3H3,(H,21,22). The molecular formula is C17H16FN3O. The fourth-order valence-electron chi connectivity index (χ4n) is 1.58. The summed E-state index contributed by atoms with van der Waals surface area (Å²) >= 11 is 0. The molecule has 0 fully saturated rings. The third kappa shape index (κ3) is 4.67. The summed E-state index contributed by atoms with van der Waals surface area (Å²) in [6.07, 6.45) is 2.97. The maximum Gasteiger partial charge on any atom is 0.289 e. The van der Waals surface area contributed by atoms with Crippen LogP contribution in [0.5, 0.6) is 0 Å². The van der Waals surface area contributed by atoms with Gasteiger partial charge in [-0.05, 0) is 45.0 Å². The van der Waals surface area contributed by atoms with Crippen LogP contribution in [0.4, 0.5) is 4.39 Å². The van der Waals surface area contributed by atoms with Crippen LogP contribution in [0.2, 0.25) is 0 Å². The minimum atomic E-state index is -0.346. The first-order valence-corrected chi connectivity index (χ1v) is 6.76. The largest absolute Gasteiger partial charge is 0.345 e. The van der Waals surface area contributed by atoms with Crippen molar-refractivity contribution in [3.63, 3.8) is 0 Å². The summed E-state index contributed by atoms with van der Waals surface area (Å²) < 4.78 is 12.8. The number of benzene rings is 1. The molecule has 0 aliphatic rings. The van der Waals surface area contributed by atoms with Crippen molar-refractivity contribution in [2.45, 2.75) is 26.3 Å². The van der Waals surface area contributed by atoms with Gasteiger partial charge in [-0.15, -0.1) is 0 Å². The number of carbonyl (C=O) groups excluding carboxylic acids is 1. The number of amides is 1. The topological polar surface area (TPSA) is 54.9 Å². The third-order valence-corrected chi connectivity index (χ3v) is 2.54. The molecule has 22 heavy (non-hydrogen) atoms. The smallest absolute Gasteiger partial charge is 0.289 e. The second-order valence-corrected chi connectivity index (χ2v) is 5.76. The molecule has 4 nitrogen and oxygen atoms in total. The van der Waals surface area contributed by atoms with Crippen molar-refractivity contribution in [1.29, 1.82) is 0 Å². The van der Waals surface area contributed by atoms with Crippen LogP contribution in [0.1, 0.15) is 42.5 Å². The van der Waals surface area contributed by atoms with Gasteiger partial charge in [0.15, 0.2) is 0 Å². The second-order valence-electron chi connectivity index (χ2n) is 5.76. The Balaban J connectivity index is 2.10. The highest BCUT2D eigenvalue weighted by Crippen LogP contribution is 2.03. The molecule has 1 amide bonds. The molecule has 0 saturated heterocycles. The van der Waals surface area contributed by atoms with Crippen LogP contribution < -0.4 is 5.32 Å². The van der Waals surface area contributed by atoms with Gasteiger partial charge >= 0.3 is 0 Å². The lowest BCUT2D eigenvalue weighted by atomic mass is 10.1. The van der Waals surface area contributed by atoms with Crippen LogP contribution in [0.3, 0.4) is 0 Å². The van der Waals surface area contributed by atoms with Crippen LogP contribution in [0, 0.1) is 17.7 Å². The molecule has 0 bridgehead atoms. The molecule has 1 aromatic heterocycles. The summed E-state index contributed by atoms with van der Waals surface area (Å²) in [4.78, 5) is 19.9. The van der Waals surface area contributed by atoms with Gasteiger partial charge in [0.05, 0.1) is 5.56 Å². The van der Waals surface area contributed by atoms with E-state index in [0.29, 0.717) is 11.1 Å². The van der Waals surface area contributed by atoms with Gasteiger partial charge in [-0.25, -0.2) is 14.4 Å². The first-order valence-electron chi connectivity index (χ1n) is 6.76. The Labute approximate surface area is 128 Å². The fourth-order valence-corrected chi connectivity index (χ4v) is 1.58. The SMILES string of the molecule is CC(C)(C)NC(=O)c1ncc(C#Cc2ccc(F)cc2)cn1. The lowest BCUT2D eigenvalue weighted by Gasteiger charge is -2.19. The first-order chi connectivity index (χ1) is 10.3. The van der Waals surface area contributed by atoms with E-state index in [4.69, 9.17) is 0 Å². The van der Waals surface area contributed by atoms with Gasteiger partial charge in [-0.3, -0.25) is 4.79 Å². The van der Waals surface area contributed by atoms with E-state index in [0.717, 1.165) is 0 Å². The van der Waals surface area contributed by atoms with Crippen molar-refractivity contribution in [3.05, 3.63) is 59.4 Å². The lowest BCUT2D eigenvalue weighted by molar-refractivity contribution is 0.0908. The van der Waals surface area contributed by atoms with Crippen molar-refractivity contribution in [1.82, 2.24) is 15.3 Å². The number of halogens is 1. The summed E-state index contributed by atoms with van der Waals surface area (Å²) in [5.74, 6) is 5.21. The van der Waals surface area contributed by atoms with Crippen LogP contribution in [-0.4, -0.2) is 21.4 Å². The van der Waals surface area contributed by atoms with Gasteiger partial charge in [0.1, 0.15) is 5.82 Å². The summed E-state index contributed by atoms with van der Waals surface area (Å²) in [5.41, 5.74) is 0.925. The molecule has 0 atom stereocenters. The van der Waals surface area contributed by atoms with Crippen molar-refractivity contribution in [2.75, 3.05) is 0 Å². The Bertz CT molecular complexity index is 720. The van der Waals surface area contributed by atoms with E-state index in [1.54, 1.807) is 12.1 Å². The normalized spacial score (nSPS) is 10.5. The molecule has 0 aliphatic carbocycles. The molecule has 0 radical (unpaired) electrons. The summed E-state index contributed by atoms with van der Waals surface area (Å²) in [6, 6.07) is 5.88. The van der Waals surface area contributed by atoms with E-state index in [1.807, 2.05) is 20.8 Å². The molecular weight excluding hydrogens is 281 g/mol. The zero-order valence-electron chi connectivity index (χ0n) is 12.6. The van der Waals surface area contributed by atoms with Gasteiger partial charge in [0.2, 0.25) is 5.82 Å². The van der Waals surface area contributed by atoms with E-state index >= 15 is 0 Å². The Morgan fingerprint density at radius 2 is 1.59 bits per heavy atom. The van der Waals surface area contributed by atoms with Gasteiger partial charge in [0, 0.05) is 23.5 Å². The molecule has 112 valence electrons. The average molecular weight is 297 g/mol. The lowest BCUT2D eigenvalue weighted by Crippen LogP contribution is -2.41. The minimum Gasteiger partial charge on any atom is -0.345 e. The first kappa shape index (κ1) is 15.6. The zero-order valence-corrected chi connectivity index (χ0v) is 12.6. The summed E-state index contributed by atoms with van der Waals surface area (Å²) in [5, 5.41) is 2.78. The molecule has 0 aliphatic heterocycles. The van der Waals surface area contributed by atoms with Crippen molar-refractivity contribution in [2.24, 2.45) is 0 Å². The molecule has 1 heterocycles. The number of nitrogens with zero attached hydrogens (tertiary/aromatic N) is 2. The van der Waals surface area contributed by atoms with Crippen LogP contribution in [-0.2, 0) is 0 Å². The summed E-state index contributed by atoms with van der Waals surface area (Å²) in [7, 11) is 0. The number of carbonyl (C=O) groups is 1. The fraction of sp³-hybridized carbons (Fsp3) is 0.235. The van der Waals surface area contributed by atoms with E-state index in [2.05, 4.69) is 27.1 Å². The van der Waals surface area contributed by atoms with Gasteiger partial charge < -0.3 is 5.32 Å². The maximum absolute atomic E-state index is 12.8.